The second-order valence-electron chi connectivity index (χ2n) is 4.86. The summed E-state index contributed by atoms with van der Waals surface area (Å²) in [4.78, 5) is 24.9. The van der Waals surface area contributed by atoms with Crippen molar-refractivity contribution in [3.8, 4) is 0 Å². The molecule has 0 radical (unpaired) electrons. The number of rotatable bonds is 3. The molecule has 2 amide bonds. The van der Waals surface area contributed by atoms with Crippen molar-refractivity contribution < 1.29 is 9.59 Å². The molecule has 1 saturated carbocycles. The van der Waals surface area contributed by atoms with Crippen LogP contribution in [-0.2, 0) is 4.79 Å². The molecule has 4 nitrogen and oxygen atoms in total. The molecule has 1 N–H and O–H groups in total. The second kappa shape index (κ2) is 4.85. The first-order chi connectivity index (χ1) is 7.70. The van der Waals surface area contributed by atoms with Gasteiger partial charge in [-0.2, -0.15) is 0 Å². The van der Waals surface area contributed by atoms with Gasteiger partial charge in [0.1, 0.15) is 5.78 Å². The number of nitrogens with zero attached hydrogens (tertiary/aromatic N) is 1. The van der Waals surface area contributed by atoms with Gasteiger partial charge < -0.3 is 10.2 Å². The van der Waals surface area contributed by atoms with E-state index in [0.29, 0.717) is 30.7 Å². The van der Waals surface area contributed by atoms with E-state index in [1.54, 1.807) is 0 Å². The molecule has 1 unspecified atom stereocenters. The van der Waals surface area contributed by atoms with Crippen molar-refractivity contribution in [2.24, 2.45) is 0 Å². The molecule has 0 aromatic carbocycles. The Kier molecular flexibility index (Phi) is 3.46. The zero-order valence-electron chi connectivity index (χ0n) is 9.87. The quantitative estimate of drug-likeness (QED) is 0.793. The summed E-state index contributed by atoms with van der Waals surface area (Å²) in [5.74, 6) is 0.348. The van der Waals surface area contributed by atoms with Gasteiger partial charge in [-0.25, -0.2) is 4.79 Å². The maximum Gasteiger partial charge on any atom is 0.317 e. The van der Waals surface area contributed by atoms with Crippen LogP contribution >= 0.6 is 0 Å². The number of nitrogens with one attached hydrogen (secondary N) is 1. The van der Waals surface area contributed by atoms with E-state index >= 15 is 0 Å². The minimum Gasteiger partial charge on any atom is -0.333 e. The Morgan fingerprint density at radius 2 is 2.00 bits per heavy atom. The summed E-state index contributed by atoms with van der Waals surface area (Å²) in [7, 11) is 0. The first-order valence-corrected chi connectivity index (χ1v) is 6.29. The number of carbonyl (C=O) groups is 2. The summed E-state index contributed by atoms with van der Waals surface area (Å²) in [5.41, 5.74) is 0. The van der Waals surface area contributed by atoms with Crippen LogP contribution in [0.25, 0.3) is 0 Å². The van der Waals surface area contributed by atoms with Gasteiger partial charge in [-0.3, -0.25) is 4.79 Å². The summed E-state index contributed by atoms with van der Waals surface area (Å²) in [6, 6.07) is 0.674. The van der Waals surface area contributed by atoms with Crippen LogP contribution in [-0.4, -0.2) is 35.3 Å². The molecule has 1 aliphatic carbocycles. The maximum atomic E-state index is 11.8. The number of amides is 2. The zero-order valence-corrected chi connectivity index (χ0v) is 9.87. The normalized spacial score (nSPS) is 27.3. The molecule has 2 aliphatic rings. The predicted molar refractivity (Wildman–Crippen MR) is 61.2 cm³/mol. The van der Waals surface area contributed by atoms with Crippen molar-refractivity contribution in [1.82, 2.24) is 10.2 Å². The fourth-order valence-corrected chi connectivity index (χ4v) is 2.69. The highest BCUT2D eigenvalue weighted by atomic mass is 16.2. The predicted octanol–water partition coefficient (Wildman–Crippen LogP) is 1.69. The van der Waals surface area contributed by atoms with Gasteiger partial charge in [0, 0.05) is 31.5 Å². The van der Waals surface area contributed by atoms with Gasteiger partial charge in [-0.15, -0.1) is 0 Å². The van der Waals surface area contributed by atoms with Crippen LogP contribution in [0, 0.1) is 0 Å². The first-order valence-electron chi connectivity index (χ1n) is 6.29. The Balaban J connectivity index is 1.90. The summed E-state index contributed by atoms with van der Waals surface area (Å²) < 4.78 is 0. The molecule has 1 aliphatic heterocycles. The topological polar surface area (TPSA) is 49.4 Å². The van der Waals surface area contributed by atoms with E-state index in [1.165, 1.54) is 0 Å². The van der Waals surface area contributed by atoms with E-state index in [0.717, 1.165) is 32.2 Å². The third-order valence-electron chi connectivity index (χ3n) is 3.60. The summed E-state index contributed by atoms with van der Waals surface area (Å²) >= 11 is 0. The fraction of sp³-hybridized carbons (Fsp3) is 0.833. The van der Waals surface area contributed by atoms with Crippen LogP contribution in [0.4, 0.5) is 4.79 Å². The lowest BCUT2D eigenvalue weighted by molar-refractivity contribution is -0.121. The van der Waals surface area contributed by atoms with Crippen LogP contribution in [0.3, 0.4) is 0 Å². The first kappa shape index (κ1) is 11.4. The third-order valence-corrected chi connectivity index (χ3v) is 3.60. The van der Waals surface area contributed by atoms with E-state index in [1.807, 2.05) is 4.90 Å². The van der Waals surface area contributed by atoms with E-state index < -0.39 is 0 Å². The largest absolute Gasteiger partial charge is 0.333 e. The molecule has 0 aromatic rings. The molecule has 0 spiro atoms. The minimum atomic E-state index is 0.0674. The third kappa shape index (κ3) is 2.36. The Bertz CT molecular complexity index is 281. The number of Topliss-reactive ketones (excluding diaryl/α,β-unsaturated/α-hetero) is 1. The monoisotopic (exact) mass is 224 g/mol. The lowest BCUT2D eigenvalue weighted by Gasteiger charge is -2.29. The number of carbonyl (C=O) groups excluding carboxylic acids is 2. The molecule has 0 bridgehead atoms. The van der Waals surface area contributed by atoms with Gasteiger partial charge in [-0.1, -0.05) is 13.3 Å². The van der Waals surface area contributed by atoms with Gasteiger partial charge in [-0.05, 0) is 19.3 Å². The second-order valence-corrected chi connectivity index (χ2v) is 4.86. The molecule has 1 saturated heterocycles. The summed E-state index contributed by atoms with van der Waals surface area (Å²) in [5, 5.41) is 3.02. The van der Waals surface area contributed by atoms with Gasteiger partial charge in [0.25, 0.3) is 0 Å². The van der Waals surface area contributed by atoms with Crippen LogP contribution < -0.4 is 5.32 Å². The van der Waals surface area contributed by atoms with Crippen molar-refractivity contribution >= 4 is 11.8 Å². The fourth-order valence-electron chi connectivity index (χ4n) is 2.69. The average Bonchev–Trinajstić information content (AvgIpc) is 2.61. The number of hydrogen-bond acceptors (Lipinski definition) is 2. The molecular weight excluding hydrogens is 204 g/mol. The zero-order chi connectivity index (χ0) is 11.5. The van der Waals surface area contributed by atoms with Crippen molar-refractivity contribution in [2.75, 3.05) is 6.54 Å². The van der Waals surface area contributed by atoms with E-state index in [-0.39, 0.29) is 6.03 Å². The van der Waals surface area contributed by atoms with Crippen molar-refractivity contribution in [3.63, 3.8) is 0 Å². The van der Waals surface area contributed by atoms with Crippen molar-refractivity contribution in [2.45, 2.75) is 57.5 Å². The Morgan fingerprint density at radius 1 is 1.31 bits per heavy atom. The van der Waals surface area contributed by atoms with Crippen molar-refractivity contribution in [1.29, 1.82) is 0 Å². The smallest absolute Gasteiger partial charge is 0.317 e. The van der Waals surface area contributed by atoms with Crippen molar-refractivity contribution in [3.05, 3.63) is 0 Å². The summed E-state index contributed by atoms with van der Waals surface area (Å²) in [6.45, 7) is 2.96. The SMILES string of the molecule is CCCC1CN(C2CCC(=O)CC2)C(=O)N1. The number of urea groups is 1. The molecule has 0 aromatic heterocycles. The van der Waals surface area contributed by atoms with Crippen LogP contribution in [0.1, 0.15) is 45.4 Å². The van der Waals surface area contributed by atoms with Gasteiger partial charge in [0.2, 0.25) is 0 Å². The van der Waals surface area contributed by atoms with Crippen LogP contribution in [0.5, 0.6) is 0 Å². The molecular formula is C12H20N2O2. The molecule has 4 heteroatoms. The Hall–Kier alpha value is -1.06. The van der Waals surface area contributed by atoms with Gasteiger partial charge in [0.05, 0.1) is 0 Å². The van der Waals surface area contributed by atoms with E-state index in [9.17, 15) is 9.59 Å². The maximum absolute atomic E-state index is 11.8. The number of ketones is 1. The lowest BCUT2D eigenvalue weighted by atomic mass is 9.93. The lowest BCUT2D eigenvalue weighted by Crippen LogP contribution is -2.40. The minimum absolute atomic E-state index is 0.0674. The van der Waals surface area contributed by atoms with E-state index in [2.05, 4.69) is 12.2 Å². The summed E-state index contributed by atoms with van der Waals surface area (Å²) in [6.07, 6.45) is 5.14. The number of hydrogen-bond donors (Lipinski definition) is 1. The van der Waals surface area contributed by atoms with Crippen LogP contribution in [0.15, 0.2) is 0 Å². The molecule has 16 heavy (non-hydrogen) atoms. The van der Waals surface area contributed by atoms with Gasteiger partial charge >= 0.3 is 6.03 Å². The molecule has 1 heterocycles. The Morgan fingerprint density at radius 3 is 2.62 bits per heavy atom. The van der Waals surface area contributed by atoms with E-state index in [4.69, 9.17) is 0 Å². The molecule has 2 fully saturated rings. The molecule has 1 atom stereocenters. The highest BCUT2D eigenvalue weighted by molar-refractivity contribution is 5.80. The standard InChI is InChI=1S/C12H20N2O2/c1-2-3-9-8-14(12(16)13-9)10-4-6-11(15)7-5-10/h9-10H,2-8H2,1H3,(H,13,16). The van der Waals surface area contributed by atoms with Gasteiger partial charge in [0.15, 0.2) is 0 Å². The molecule has 2 rings (SSSR count). The molecule has 90 valence electrons. The average molecular weight is 224 g/mol. The highest BCUT2D eigenvalue weighted by Crippen LogP contribution is 2.23. The highest BCUT2D eigenvalue weighted by Gasteiger charge is 2.34. The van der Waals surface area contributed by atoms with Crippen LogP contribution in [0.2, 0.25) is 0 Å². The Labute approximate surface area is 96.4 Å².